The first-order valence-corrected chi connectivity index (χ1v) is 38.8. The number of hydrogen-bond acceptors (Lipinski definition) is 6. The third kappa shape index (κ3) is 12.8. The van der Waals surface area contributed by atoms with E-state index in [2.05, 4.69) is 302 Å². The highest BCUT2D eigenvalue weighted by Crippen LogP contribution is 2.45. The maximum absolute atomic E-state index is 11.0. The van der Waals surface area contributed by atoms with Gasteiger partial charge in [0.05, 0.1) is 72.5 Å². The fraction of sp³-hybridized carbons (Fsp3) is 0.00935. The molecule has 0 saturated carbocycles. The van der Waals surface area contributed by atoms with Gasteiger partial charge in [0.1, 0.15) is 24.3 Å². The number of benzene rings is 17. The Kier molecular flexibility index (Phi) is 17.7. The van der Waals surface area contributed by atoms with Gasteiger partial charge in [-0.2, -0.15) is 10.5 Å². The molecule has 0 fully saturated rings. The number of nitrogens with zero attached hydrogens (tertiary/aromatic N) is 7. The van der Waals surface area contributed by atoms with E-state index in [0.29, 0.717) is 27.8 Å². The molecule has 0 amide bonds. The van der Waals surface area contributed by atoms with Crippen molar-refractivity contribution in [2.75, 3.05) is 0 Å². The van der Waals surface area contributed by atoms with E-state index in [1.165, 1.54) is 38.4 Å². The molecule has 0 saturated heterocycles. The van der Waals surface area contributed by atoms with Gasteiger partial charge in [0.15, 0.2) is 11.6 Å². The summed E-state index contributed by atoms with van der Waals surface area (Å²) in [6.45, 7) is 0. The lowest BCUT2D eigenvalue weighted by atomic mass is 9.96. The molecule has 22 rings (SSSR count). The van der Waals surface area contributed by atoms with Gasteiger partial charge in [-0.3, -0.25) is 0 Å². The predicted octanol–water partition coefficient (Wildman–Crippen LogP) is 27.6. The van der Waals surface area contributed by atoms with Crippen molar-refractivity contribution >= 4 is 104 Å². The van der Waals surface area contributed by atoms with Gasteiger partial charge >= 0.3 is 0 Å². The Morgan fingerprint density at radius 2 is 0.722 bits per heavy atom. The standard InChI is InChI=1S/C53H32N4.C37H22ClN3.C17H11/c54-33-41-31-46(42-19-9-10-21-44(42)52(41)57-49-22-12-11-20-43(49)45-29-38-17-7-8-18-39(38)32-50(45)57)53-55-48-28-27-40(35-15-5-2-6-16-35)30-47(48)51(56-53)37-25-23-36(24-26-37)34-13-3-1-4-14-34;38-35-29(23-39)22-32(30-13-7-8-14-31(30)35)37-40-34-20-19-28(25-11-5-2-6-12-25)21-33(34)36(41-37)27-17-15-26(16-18-27)24-9-3-1-4-10-24;1-2-6-13-11-17-15(9-12(13)5-1)10-14-7-3-4-8-16(14)17/h1-32H;1-22H;1-2,4-9,11H,10H2/q;;+1. The van der Waals surface area contributed by atoms with Gasteiger partial charge in [-0.15, -0.1) is 0 Å². The first-order valence-electron chi connectivity index (χ1n) is 38.4. The quantitative estimate of drug-likeness (QED) is 0.133. The Bertz CT molecular complexity index is 7480. The minimum absolute atomic E-state index is 0.400. The van der Waals surface area contributed by atoms with Crippen LogP contribution in [0.1, 0.15) is 22.3 Å². The number of allylic oxidation sites excluding steroid dienone is 6. The largest absolute Gasteiger partial charge is 0.307 e. The Hall–Kier alpha value is -15.3. The molecule has 0 unspecified atom stereocenters. The SMILES string of the molecule is N#Cc1cc(-c2nc(-c3ccc(-c4ccccc4)cc3)c3cc(-c4ccccc4)ccc3n2)c2ccccc2c1-n1c2ccccc2c2cc3ccccc3cc21.N#Cc1cc(-c2nc(-c3ccc(-c4ccccc4)cc3)c3cc(-c4ccccc4)ccc3n2)c2ccccc2c1Cl.[C+]1=CC2=C(C=C1)c1cc3ccccc3cc1C2. The van der Waals surface area contributed by atoms with Crippen molar-refractivity contribution in [1.82, 2.24) is 24.5 Å². The predicted molar refractivity (Wildman–Crippen MR) is 475 cm³/mol. The van der Waals surface area contributed by atoms with Gasteiger partial charge < -0.3 is 4.57 Å². The van der Waals surface area contributed by atoms with Crippen LogP contribution in [0.3, 0.4) is 0 Å². The monoisotopic (exact) mass is 1480 g/mol. The molecule has 3 heterocycles. The van der Waals surface area contributed by atoms with E-state index in [-0.39, 0.29) is 0 Å². The van der Waals surface area contributed by atoms with Crippen LogP contribution in [0.5, 0.6) is 0 Å². The molecule has 2 aliphatic carbocycles. The van der Waals surface area contributed by atoms with Crippen molar-refractivity contribution in [1.29, 1.82) is 10.5 Å². The molecule has 0 aliphatic heterocycles. The van der Waals surface area contributed by atoms with Crippen LogP contribution in [0.25, 0.3) is 188 Å². The summed E-state index contributed by atoms with van der Waals surface area (Å²) in [4.78, 5) is 20.9. The zero-order chi connectivity index (χ0) is 76.9. The number of rotatable bonds is 9. The molecule has 0 radical (unpaired) electrons. The van der Waals surface area contributed by atoms with Crippen LogP contribution in [-0.2, 0) is 6.42 Å². The average Bonchev–Trinajstić information content (AvgIpc) is 1.66. The Labute approximate surface area is 669 Å². The number of hydrogen-bond donors (Lipinski definition) is 0. The lowest BCUT2D eigenvalue weighted by Crippen LogP contribution is -2.02. The summed E-state index contributed by atoms with van der Waals surface area (Å²) in [5, 5.41) is 34.2. The second kappa shape index (κ2) is 29.5. The molecule has 20 aromatic rings. The van der Waals surface area contributed by atoms with Crippen molar-refractivity contribution in [2.45, 2.75) is 6.42 Å². The summed E-state index contributed by atoms with van der Waals surface area (Å²) < 4.78 is 2.27. The summed E-state index contributed by atoms with van der Waals surface area (Å²) in [5.41, 5.74) is 25.5. The average molecular weight is 1480 g/mol. The van der Waals surface area contributed by atoms with E-state index in [1.54, 1.807) is 6.07 Å². The fourth-order valence-corrected chi connectivity index (χ4v) is 16.9. The van der Waals surface area contributed by atoms with Crippen molar-refractivity contribution in [3.63, 3.8) is 0 Å². The number of halogens is 1. The van der Waals surface area contributed by atoms with Crippen LogP contribution in [0.15, 0.2) is 388 Å². The van der Waals surface area contributed by atoms with Crippen molar-refractivity contribution < 1.29 is 0 Å². The Balaban J connectivity index is 0.000000127. The van der Waals surface area contributed by atoms with Gasteiger partial charge in [-0.1, -0.05) is 309 Å². The van der Waals surface area contributed by atoms with E-state index in [1.807, 2.05) is 97.1 Å². The second-order valence-corrected chi connectivity index (χ2v) is 29.4. The van der Waals surface area contributed by atoms with Crippen LogP contribution in [0.4, 0.5) is 0 Å². The highest BCUT2D eigenvalue weighted by atomic mass is 35.5. The first-order chi connectivity index (χ1) is 56.8. The Morgan fingerprint density at radius 1 is 0.313 bits per heavy atom. The van der Waals surface area contributed by atoms with E-state index < -0.39 is 0 Å². The zero-order valence-corrected chi connectivity index (χ0v) is 62.8. The summed E-state index contributed by atoms with van der Waals surface area (Å²) in [6.07, 6.45) is 10.5. The number of para-hydroxylation sites is 1. The zero-order valence-electron chi connectivity index (χ0n) is 62.1. The molecular weight excluding hydrogens is 1420 g/mol. The number of aromatic nitrogens is 5. The molecule has 0 bridgehead atoms. The third-order valence-corrected chi connectivity index (χ3v) is 22.6. The summed E-state index contributed by atoms with van der Waals surface area (Å²) in [6, 6.07) is 131. The van der Waals surface area contributed by atoms with Crippen LogP contribution >= 0.6 is 11.6 Å². The number of fused-ring (bicyclic) bond motifs is 11. The molecule has 0 spiro atoms. The summed E-state index contributed by atoms with van der Waals surface area (Å²) in [7, 11) is 0. The highest BCUT2D eigenvalue weighted by molar-refractivity contribution is 6.37. The van der Waals surface area contributed by atoms with Crippen molar-refractivity contribution in [3.05, 3.63) is 421 Å². The summed E-state index contributed by atoms with van der Waals surface area (Å²) in [5.74, 6) is 1.13. The molecule has 2 aliphatic rings. The lowest BCUT2D eigenvalue weighted by Gasteiger charge is -2.17. The van der Waals surface area contributed by atoms with Crippen molar-refractivity contribution in [3.8, 4) is 108 Å². The maximum atomic E-state index is 11.0. The first kappa shape index (κ1) is 68.9. The van der Waals surface area contributed by atoms with E-state index in [4.69, 9.17) is 31.5 Å². The van der Waals surface area contributed by atoms with Gasteiger partial charge in [-0.05, 0) is 149 Å². The lowest BCUT2D eigenvalue weighted by molar-refractivity contribution is 1.18. The van der Waals surface area contributed by atoms with E-state index in [9.17, 15) is 10.5 Å². The molecule has 17 aromatic carbocycles. The summed E-state index contributed by atoms with van der Waals surface area (Å²) >= 11 is 6.60. The Morgan fingerprint density at radius 3 is 1.25 bits per heavy atom. The molecule has 534 valence electrons. The molecule has 3 aromatic heterocycles. The van der Waals surface area contributed by atoms with Crippen LogP contribution < -0.4 is 0 Å². The van der Waals surface area contributed by atoms with Crippen LogP contribution in [0.2, 0.25) is 5.02 Å². The molecule has 115 heavy (non-hydrogen) atoms. The smallest absolute Gasteiger partial charge is 0.161 e. The molecular formula is C107H65ClN7+. The maximum Gasteiger partial charge on any atom is 0.161 e. The fourth-order valence-electron chi connectivity index (χ4n) is 16.6. The molecule has 0 atom stereocenters. The van der Waals surface area contributed by atoms with E-state index >= 15 is 0 Å². The second-order valence-electron chi connectivity index (χ2n) is 29.0. The molecule has 8 heteroatoms. The number of nitriles is 2. The van der Waals surface area contributed by atoms with Crippen molar-refractivity contribution in [2.24, 2.45) is 0 Å². The molecule has 0 N–H and O–H groups in total. The van der Waals surface area contributed by atoms with Gasteiger partial charge in [-0.25, -0.2) is 19.9 Å². The topological polar surface area (TPSA) is 104 Å². The normalized spacial score (nSPS) is 12.0. The molecule has 7 nitrogen and oxygen atoms in total. The van der Waals surface area contributed by atoms with Gasteiger partial charge in [0.25, 0.3) is 0 Å². The minimum atomic E-state index is 0.400. The third-order valence-electron chi connectivity index (χ3n) is 22.2. The van der Waals surface area contributed by atoms with E-state index in [0.717, 1.165) is 161 Å². The highest BCUT2D eigenvalue weighted by Gasteiger charge is 2.28. The van der Waals surface area contributed by atoms with Crippen LogP contribution in [-0.4, -0.2) is 24.5 Å². The van der Waals surface area contributed by atoms with Gasteiger partial charge in [0, 0.05) is 72.6 Å². The van der Waals surface area contributed by atoms with Crippen LogP contribution in [0, 0.1) is 28.7 Å². The minimum Gasteiger partial charge on any atom is -0.307 e. The van der Waals surface area contributed by atoms with Gasteiger partial charge in [0.2, 0.25) is 0 Å².